The molecular formula is C15H21NO2S. The zero-order valence-electron chi connectivity index (χ0n) is 11.2. The van der Waals surface area contributed by atoms with Crippen LogP contribution >= 0.6 is 11.3 Å². The third-order valence-electron chi connectivity index (χ3n) is 4.29. The molecule has 0 atom stereocenters. The van der Waals surface area contributed by atoms with Gasteiger partial charge in [0.15, 0.2) is 0 Å². The highest BCUT2D eigenvalue weighted by Gasteiger charge is 2.30. The van der Waals surface area contributed by atoms with Crippen LogP contribution < -0.4 is 0 Å². The molecule has 1 N–H and O–H groups in total. The molecule has 1 aromatic rings. The van der Waals surface area contributed by atoms with Crippen LogP contribution in [0.15, 0.2) is 6.07 Å². The van der Waals surface area contributed by atoms with Crippen molar-refractivity contribution in [3.8, 4) is 0 Å². The van der Waals surface area contributed by atoms with Gasteiger partial charge in [-0.1, -0.05) is 0 Å². The minimum atomic E-state index is 0.164. The van der Waals surface area contributed by atoms with Gasteiger partial charge in [-0.05, 0) is 56.6 Å². The maximum atomic E-state index is 12.6. The smallest absolute Gasteiger partial charge is 0.264 e. The van der Waals surface area contributed by atoms with Gasteiger partial charge in [-0.15, -0.1) is 11.3 Å². The molecule has 0 bridgehead atoms. The van der Waals surface area contributed by atoms with Crippen molar-refractivity contribution < 1.29 is 9.90 Å². The summed E-state index contributed by atoms with van der Waals surface area (Å²) >= 11 is 1.69. The Hall–Kier alpha value is -0.870. The predicted octanol–water partition coefficient (Wildman–Crippen LogP) is 2.61. The summed E-state index contributed by atoms with van der Waals surface area (Å²) in [7, 11) is 0. The molecular weight excluding hydrogens is 258 g/mol. The van der Waals surface area contributed by atoms with Gasteiger partial charge in [0.2, 0.25) is 0 Å². The summed E-state index contributed by atoms with van der Waals surface area (Å²) in [6, 6.07) is 2.52. The van der Waals surface area contributed by atoms with E-state index in [1.165, 1.54) is 23.3 Å². The zero-order valence-corrected chi connectivity index (χ0v) is 12.0. The molecule has 19 heavy (non-hydrogen) atoms. The summed E-state index contributed by atoms with van der Waals surface area (Å²) in [5.41, 5.74) is 1.39. The van der Waals surface area contributed by atoms with Gasteiger partial charge >= 0.3 is 0 Å². The Labute approximate surface area is 118 Å². The van der Waals surface area contributed by atoms with E-state index in [0.717, 1.165) is 30.6 Å². The Morgan fingerprint density at radius 2 is 2.21 bits per heavy atom. The molecule has 1 saturated carbocycles. The summed E-state index contributed by atoms with van der Waals surface area (Å²) in [4.78, 5) is 17.0. The molecule has 1 heterocycles. The number of aryl methyl sites for hydroxylation is 2. The lowest BCUT2D eigenvalue weighted by atomic mass is 9.91. The van der Waals surface area contributed by atoms with E-state index < -0.39 is 0 Å². The molecule has 0 aromatic carbocycles. The molecule has 2 aliphatic rings. The van der Waals surface area contributed by atoms with Crippen molar-refractivity contribution in [2.75, 3.05) is 13.2 Å². The summed E-state index contributed by atoms with van der Waals surface area (Å²) in [5.74, 6) is 0.192. The molecule has 0 aliphatic heterocycles. The predicted molar refractivity (Wildman–Crippen MR) is 76.7 cm³/mol. The lowest BCUT2D eigenvalue weighted by molar-refractivity contribution is 0.0567. The maximum Gasteiger partial charge on any atom is 0.264 e. The molecule has 1 fully saturated rings. The molecule has 1 amide bonds. The molecule has 0 radical (unpaired) electrons. The van der Waals surface area contributed by atoms with Gasteiger partial charge in [-0.25, -0.2) is 0 Å². The number of nitrogens with zero attached hydrogens (tertiary/aromatic N) is 1. The number of amides is 1. The maximum absolute atomic E-state index is 12.6. The van der Waals surface area contributed by atoms with E-state index in [2.05, 4.69) is 6.07 Å². The molecule has 3 rings (SSSR count). The van der Waals surface area contributed by atoms with Gasteiger partial charge in [0, 0.05) is 24.1 Å². The van der Waals surface area contributed by atoms with Gasteiger partial charge in [0.1, 0.15) is 0 Å². The quantitative estimate of drug-likeness (QED) is 0.900. The third kappa shape index (κ3) is 2.56. The van der Waals surface area contributed by atoms with Crippen LogP contribution in [0.1, 0.15) is 52.2 Å². The van der Waals surface area contributed by atoms with Crippen LogP contribution in [0.3, 0.4) is 0 Å². The number of carbonyl (C=O) groups is 1. The van der Waals surface area contributed by atoms with Crippen LogP contribution in [0.25, 0.3) is 0 Å². The van der Waals surface area contributed by atoms with Gasteiger partial charge < -0.3 is 10.0 Å². The van der Waals surface area contributed by atoms with Crippen molar-refractivity contribution in [3.63, 3.8) is 0 Å². The highest BCUT2D eigenvalue weighted by atomic mass is 32.1. The second kappa shape index (κ2) is 5.63. The highest BCUT2D eigenvalue weighted by Crippen LogP contribution is 2.33. The average Bonchev–Trinajstić information content (AvgIpc) is 2.91. The van der Waals surface area contributed by atoms with E-state index in [1.807, 2.05) is 4.90 Å². The number of aliphatic hydroxyl groups is 1. The molecule has 2 aliphatic carbocycles. The normalized spacial score (nSPS) is 18.2. The van der Waals surface area contributed by atoms with E-state index in [1.54, 1.807) is 11.3 Å². The first-order chi connectivity index (χ1) is 9.29. The van der Waals surface area contributed by atoms with Gasteiger partial charge in [0.05, 0.1) is 4.88 Å². The Balaban J connectivity index is 1.74. The number of aliphatic hydroxyl groups excluding tert-OH is 1. The SMILES string of the molecule is O=C(c1cc2c(s1)CCC2)N(CCCO)C1CCC1. The fraction of sp³-hybridized carbons (Fsp3) is 0.667. The Morgan fingerprint density at radius 1 is 1.37 bits per heavy atom. The Bertz CT molecular complexity index is 443. The van der Waals surface area contributed by atoms with Crippen molar-refractivity contribution >= 4 is 17.2 Å². The van der Waals surface area contributed by atoms with Crippen molar-refractivity contribution in [1.82, 2.24) is 4.90 Å². The number of hydrogen-bond donors (Lipinski definition) is 1. The molecule has 0 spiro atoms. The van der Waals surface area contributed by atoms with Gasteiger partial charge in [0.25, 0.3) is 5.91 Å². The van der Waals surface area contributed by atoms with E-state index in [9.17, 15) is 4.79 Å². The number of rotatable bonds is 5. The van der Waals surface area contributed by atoms with E-state index >= 15 is 0 Å². The van der Waals surface area contributed by atoms with E-state index in [-0.39, 0.29) is 12.5 Å². The Kier molecular flexibility index (Phi) is 3.89. The van der Waals surface area contributed by atoms with Crippen LogP contribution in [0.2, 0.25) is 0 Å². The van der Waals surface area contributed by atoms with Gasteiger partial charge in [-0.3, -0.25) is 4.79 Å². The zero-order chi connectivity index (χ0) is 13.2. The second-order valence-electron chi connectivity index (χ2n) is 5.57. The van der Waals surface area contributed by atoms with Crippen molar-refractivity contribution in [2.45, 2.75) is 51.0 Å². The number of carbonyl (C=O) groups excluding carboxylic acids is 1. The second-order valence-corrected chi connectivity index (χ2v) is 6.71. The molecule has 3 nitrogen and oxygen atoms in total. The lowest BCUT2D eigenvalue weighted by Crippen LogP contribution is -2.44. The average molecular weight is 279 g/mol. The van der Waals surface area contributed by atoms with Gasteiger partial charge in [-0.2, -0.15) is 0 Å². The largest absolute Gasteiger partial charge is 0.396 e. The van der Waals surface area contributed by atoms with Crippen molar-refractivity contribution in [3.05, 3.63) is 21.4 Å². The third-order valence-corrected chi connectivity index (χ3v) is 5.52. The van der Waals surface area contributed by atoms with Crippen LogP contribution in [0.4, 0.5) is 0 Å². The number of hydrogen-bond acceptors (Lipinski definition) is 3. The summed E-state index contributed by atoms with van der Waals surface area (Å²) < 4.78 is 0. The lowest BCUT2D eigenvalue weighted by Gasteiger charge is -2.37. The molecule has 1 aromatic heterocycles. The van der Waals surface area contributed by atoms with Crippen molar-refractivity contribution in [1.29, 1.82) is 0 Å². The molecule has 0 unspecified atom stereocenters. The van der Waals surface area contributed by atoms with E-state index in [4.69, 9.17) is 5.11 Å². The first-order valence-corrected chi connectivity index (χ1v) is 8.14. The highest BCUT2D eigenvalue weighted by molar-refractivity contribution is 7.14. The van der Waals surface area contributed by atoms with Crippen LogP contribution in [0, 0.1) is 0 Å². The number of fused-ring (bicyclic) bond motifs is 1. The minimum absolute atomic E-state index is 0.164. The summed E-state index contributed by atoms with van der Waals surface area (Å²) in [6.45, 7) is 0.861. The fourth-order valence-electron chi connectivity index (χ4n) is 2.97. The van der Waals surface area contributed by atoms with Crippen molar-refractivity contribution in [2.24, 2.45) is 0 Å². The number of thiophene rings is 1. The standard InChI is InChI=1S/C15H21NO2S/c17-9-3-8-16(12-5-2-6-12)15(18)14-10-11-4-1-7-13(11)19-14/h10,12,17H,1-9H2. The molecule has 104 valence electrons. The van der Waals surface area contributed by atoms with Crippen LogP contribution in [-0.4, -0.2) is 35.1 Å². The van der Waals surface area contributed by atoms with E-state index in [0.29, 0.717) is 19.0 Å². The summed E-state index contributed by atoms with van der Waals surface area (Å²) in [6.07, 6.45) is 7.70. The van der Waals surface area contributed by atoms with Crippen LogP contribution in [0.5, 0.6) is 0 Å². The first-order valence-electron chi connectivity index (χ1n) is 7.33. The van der Waals surface area contributed by atoms with Crippen LogP contribution in [-0.2, 0) is 12.8 Å². The fourth-order valence-corrected chi connectivity index (χ4v) is 4.18. The first kappa shape index (κ1) is 13.1. The Morgan fingerprint density at radius 3 is 2.84 bits per heavy atom. The molecule has 4 heteroatoms. The topological polar surface area (TPSA) is 40.5 Å². The summed E-state index contributed by atoms with van der Waals surface area (Å²) in [5, 5.41) is 9.00. The molecule has 0 saturated heterocycles. The minimum Gasteiger partial charge on any atom is -0.396 e. The monoisotopic (exact) mass is 279 g/mol.